The Kier molecular flexibility index (Phi) is 10.5. The Balaban J connectivity index is 1.23. The number of rotatable bonds is 12. The molecular formula is C34H32P2S2. The van der Waals surface area contributed by atoms with E-state index in [-0.39, 0.29) is 15.8 Å². The molecule has 0 aliphatic carbocycles. The Morgan fingerprint density at radius 1 is 0.342 bits per heavy atom. The van der Waals surface area contributed by atoms with Crippen molar-refractivity contribution in [3.8, 4) is 0 Å². The molecule has 0 radical (unpaired) electrons. The molecule has 0 heterocycles. The second kappa shape index (κ2) is 14.7. The SMILES string of the molecule is c1ccc(P(CCSc2ccccc2SCCP(c2ccccc2)c2ccccc2)c2ccccc2)cc1. The fraction of sp³-hybridized carbons (Fsp3) is 0.118. The van der Waals surface area contributed by atoms with E-state index >= 15 is 0 Å². The maximum atomic E-state index is 2.30. The monoisotopic (exact) mass is 566 g/mol. The van der Waals surface area contributed by atoms with Crippen LogP contribution in [0.2, 0.25) is 0 Å². The highest BCUT2D eigenvalue weighted by atomic mass is 32.2. The molecular weight excluding hydrogens is 534 g/mol. The van der Waals surface area contributed by atoms with Crippen LogP contribution in [0.4, 0.5) is 0 Å². The highest BCUT2D eigenvalue weighted by Crippen LogP contribution is 2.39. The third-order valence-corrected chi connectivity index (χ3v) is 14.2. The van der Waals surface area contributed by atoms with Crippen LogP contribution in [-0.2, 0) is 0 Å². The summed E-state index contributed by atoms with van der Waals surface area (Å²) in [6.07, 6.45) is 2.36. The second-order valence-corrected chi connectivity index (χ2v) is 15.7. The zero-order valence-corrected chi connectivity index (χ0v) is 24.8. The van der Waals surface area contributed by atoms with E-state index in [1.807, 2.05) is 23.5 Å². The number of benzene rings is 5. The average molecular weight is 567 g/mol. The standard InChI is InChI=1S/C34H32P2S2/c1-5-15-29(16-6-1)35(30-17-7-2-8-18-30)25-27-37-33-23-13-14-24-34(33)38-28-26-36(31-19-9-3-10-20-31)32-21-11-4-12-22-32/h1-24H,25-28H2. The summed E-state index contributed by atoms with van der Waals surface area (Å²) in [6, 6.07) is 53.2. The van der Waals surface area contributed by atoms with Gasteiger partial charge in [-0.15, -0.1) is 23.5 Å². The summed E-state index contributed by atoms with van der Waals surface area (Å²) in [6.45, 7) is 0. The van der Waals surface area contributed by atoms with Gasteiger partial charge >= 0.3 is 0 Å². The molecule has 0 aromatic heterocycles. The molecule has 5 aromatic carbocycles. The fourth-order valence-electron chi connectivity index (χ4n) is 4.43. The third kappa shape index (κ3) is 7.62. The molecule has 0 atom stereocenters. The summed E-state index contributed by atoms with van der Waals surface area (Å²) >= 11 is 4.03. The van der Waals surface area contributed by atoms with Gasteiger partial charge in [-0.1, -0.05) is 133 Å². The first-order valence-corrected chi connectivity index (χ1v) is 18.0. The van der Waals surface area contributed by atoms with Crippen molar-refractivity contribution < 1.29 is 0 Å². The van der Waals surface area contributed by atoms with Crippen LogP contribution in [0.1, 0.15) is 0 Å². The zero-order chi connectivity index (χ0) is 25.8. The molecule has 0 aliphatic heterocycles. The molecule has 5 aromatic rings. The molecule has 0 saturated heterocycles. The molecule has 4 heteroatoms. The summed E-state index contributed by atoms with van der Waals surface area (Å²) in [5.74, 6) is 2.24. The molecule has 0 saturated carbocycles. The lowest BCUT2D eigenvalue weighted by Crippen LogP contribution is -2.15. The summed E-state index contributed by atoms with van der Waals surface area (Å²) in [4.78, 5) is 2.83. The van der Waals surface area contributed by atoms with Crippen molar-refractivity contribution >= 4 is 60.6 Å². The van der Waals surface area contributed by atoms with Crippen LogP contribution in [0.5, 0.6) is 0 Å². The Bertz CT molecular complexity index is 1180. The van der Waals surface area contributed by atoms with Crippen molar-refractivity contribution in [2.75, 3.05) is 23.8 Å². The van der Waals surface area contributed by atoms with E-state index in [1.165, 1.54) is 43.3 Å². The van der Waals surface area contributed by atoms with Crippen LogP contribution < -0.4 is 21.2 Å². The fourth-order valence-corrected chi connectivity index (χ4v) is 11.9. The molecule has 190 valence electrons. The third-order valence-electron chi connectivity index (χ3n) is 6.27. The summed E-state index contributed by atoms with van der Waals surface area (Å²) < 4.78 is 0. The van der Waals surface area contributed by atoms with E-state index in [1.54, 1.807) is 0 Å². The molecule has 0 spiro atoms. The minimum atomic E-state index is -0.353. The van der Waals surface area contributed by atoms with Crippen LogP contribution >= 0.6 is 39.4 Å². The average Bonchev–Trinajstić information content (AvgIpc) is 3.00. The molecule has 0 bridgehead atoms. The number of hydrogen-bond acceptors (Lipinski definition) is 2. The van der Waals surface area contributed by atoms with Crippen molar-refractivity contribution in [1.82, 2.24) is 0 Å². The van der Waals surface area contributed by atoms with Crippen LogP contribution in [0.15, 0.2) is 155 Å². The first kappa shape index (κ1) is 27.2. The molecule has 0 amide bonds. The lowest BCUT2D eigenvalue weighted by atomic mass is 10.4. The minimum absolute atomic E-state index is 0.353. The first-order valence-electron chi connectivity index (χ1n) is 13.0. The largest absolute Gasteiger partial charge is 0.125 e. The van der Waals surface area contributed by atoms with Crippen LogP contribution in [0.25, 0.3) is 0 Å². The van der Waals surface area contributed by atoms with Crippen LogP contribution in [0, 0.1) is 0 Å². The van der Waals surface area contributed by atoms with Gasteiger partial charge in [-0.3, -0.25) is 0 Å². The molecule has 5 rings (SSSR count). The van der Waals surface area contributed by atoms with Crippen molar-refractivity contribution in [3.63, 3.8) is 0 Å². The van der Waals surface area contributed by atoms with Crippen LogP contribution in [-0.4, -0.2) is 23.8 Å². The van der Waals surface area contributed by atoms with E-state index in [9.17, 15) is 0 Å². The Morgan fingerprint density at radius 3 is 0.895 bits per heavy atom. The molecule has 0 aliphatic rings. The maximum absolute atomic E-state index is 2.30. The van der Waals surface area contributed by atoms with Gasteiger partial charge in [-0.05, 0) is 61.5 Å². The van der Waals surface area contributed by atoms with E-state index in [0.29, 0.717) is 0 Å². The maximum Gasteiger partial charge on any atom is 0.0208 e. The van der Waals surface area contributed by atoms with Gasteiger partial charge in [0.25, 0.3) is 0 Å². The van der Waals surface area contributed by atoms with Gasteiger partial charge in [0.2, 0.25) is 0 Å². The molecule has 0 nitrogen and oxygen atoms in total. The lowest BCUT2D eigenvalue weighted by molar-refractivity contribution is 1.24. The second-order valence-electron chi connectivity index (χ2n) is 8.79. The van der Waals surface area contributed by atoms with Gasteiger partial charge in [0.15, 0.2) is 0 Å². The van der Waals surface area contributed by atoms with Crippen LogP contribution in [0.3, 0.4) is 0 Å². The topological polar surface area (TPSA) is 0 Å². The van der Waals surface area contributed by atoms with E-state index in [4.69, 9.17) is 0 Å². The highest BCUT2D eigenvalue weighted by Gasteiger charge is 2.16. The molecule has 0 unspecified atom stereocenters. The Labute approximate surface area is 238 Å². The van der Waals surface area contributed by atoms with Crippen molar-refractivity contribution in [2.45, 2.75) is 9.79 Å². The molecule has 38 heavy (non-hydrogen) atoms. The zero-order valence-electron chi connectivity index (χ0n) is 21.4. The first-order chi connectivity index (χ1) is 18.9. The predicted octanol–water partition coefficient (Wildman–Crippen LogP) is 8.14. The van der Waals surface area contributed by atoms with Gasteiger partial charge in [-0.2, -0.15) is 0 Å². The normalized spacial score (nSPS) is 11.2. The van der Waals surface area contributed by atoms with Crippen molar-refractivity contribution in [3.05, 3.63) is 146 Å². The Hall–Kier alpha value is -2.34. The Morgan fingerprint density at radius 2 is 0.605 bits per heavy atom. The quantitative estimate of drug-likeness (QED) is 0.110. The molecule has 0 fully saturated rings. The highest BCUT2D eigenvalue weighted by molar-refractivity contribution is 8.02. The number of hydrogen-bond donors (Lipinski definition) is 0. The minimum Gasteiger partial charge on any atom is -0.125 e. The van der Waals surface area contributed by atoms with Gasteiger partial charge < -0.3 is 0 Å². The predicted molar refractivity (Wildman–Crippen MR) is 176 cm³/mol. The summed E-state index contributed by atoms with van der Waals surface area (Å²) in [5.41, 5.74) is 0. The van der Waals surface area contributed by atoms with Crippen molar-refractivity contribution in [1.29, 1.82) is 0 Å². The van der Waals surface area contributed by atoms with Gasteiger partial charge in [0.05, 0.1) is 0 Å². The van der Waals surface area contributed by atoms with E-state index in [2.05, 4.69) is 146 Å². The van der Waals surface area contributed by atoms with E-state index < -0.39 is 0 Å². The lowest BCUT2D eigenvalue weighted by Gasteiger charge is -2.20. The molecule has 0 N–H and O–H groups in total. The number of thioether (sulfide) groups is 2. The van der Waals surface area contributed by atoms with Crippen molar-refractivity contribution in [2.24, 2.45) is 0 Å². The van der Waals surface area contributed by atoms with Gasteiger partial charge in [-0.25, -0.2) is 0 Å². The van der Waals surface area contributed by atoms with Gasteiger partial charge in [0, 0.05) is 21.3 Å². The van der Waals surface area contributed by atoms with E-state index in [0.717, 1.165) is 11.5 Å². The summed E-state index contributed by atoms with van der Waals surface area (Å²) in [7, 11) is -0.706. The summed E-state index contributed by atoms with van der Waals surface area (Å²) in [5, 5.41) is 5.86. The van der Waals surface area contributed by atoms with Gasteiger partial charge in [0.1, 0.15) is 0 Å². The smallest absolute Gasteiger partial charge is 0.0208 e.